The van der Waals surface area contributed by atoms with Crippen molar-refractivity contribution >= 4 is 10.0 Å². The molecule has 0 fully saturated rings. The largest absolute Gasteiger partial charge is 0.372 e. The molecule has 0 saturated heterocycles. The second-order valence-corrected chi connectivity index (χ2v) is 7.75. The van der Waals surface area contributed by atoms with Crippen molar-refractivity contribution in [2.24, 2.45) is 0 Å². The van der Waals surface area contributed by atoms with Crippen LogP contribution < -0.4 is 4.72 Å². The van der Waals surface area contributed by atoms with Crippen LogP contribution in [0, 0.1) is 19.7 Å². The second kappa shape index (κ2) is 7.01. The van der Waals surface area contributed by atoms with Gasteiger partial charge in [0.05, 0.1) is 4.90 Å². The minimum Gasteiger partial charge on any atom is -0.372 e. The van der Waals surface area contributed by atoms with Gasteiger partial charge in [-0.3, -0.25) is 0 Å². The predicted molar refractivity (Wildman–Crippen MR) is 91.9 cm³/mol. The minimum atomic E-state index is -3.72. The van der Waals surface area contributed by atoms with Crippen molar-refractivity contribution in [1.82, 2.24) is 4.72 Å². The molecule has 0 aliphatic heterocycles. The van der Waals surface area contributed by atoms with Crippen LogP contribution in [0.4, 0.5) is 4.39 Å². The Bertz CT molecular complexity index is 836. The quantitative estimate of drug-likeness (QED) is 0.869. The molecular formula is C18H22FNO3S. The van der Waals surface area contributed by atoms with Crippen LogP contribution in [-0.4, -0.2) is 22.1 Å². The highest BCUT2D eigenvalue weighted by Gasteiger charge is 2.31. The van der Waals surface area contributed by atoms with Gasteiger partial charge in [0.15, 0.2) is 0 Å². The van der Waals surface area contributed by atoms with Gasteiger partial charge in [-0.15, -0.1) is 0 Å². The molecule has 0 radical (unpaired) electrons. The van der Waals surface area contributed by atoms with Crippen LogP contribution >= 0.6 is 0 Å². The fourth-order valence-corrected chi connectivity index (χ4v) is 3.58. The van der Waals surface area contributed by atoms with Gasteiger partial charge in [-0.2, -0.15) is 0 Å². The topological polar surface area (TPSA) is 55.4 Å². The van der Waals surface area contributed by atoms with Crippen molar-refractivity contribution in [3.63, 3.8) is 0 Å². The number of aryl methyl sites for hydroxylation is 2. The van der Waals surface area contributed by atoms with E-state index < -0.39 is 21.4 Å². The standard InChI is InChI=1S/C18H22FNO3S/c1-13-9-10-15(11-14(13)2)24(21,22)20-12-18(3,23-4)16-7-5-6-8-17(16)19/h5-11,20H,12H2,1-4H3. The molecule has 4 nitrogen and oxygen atoms in total. The summed E-state index contributed by atoms with van der Waals surface area (Å²) in [6, 6.07) is 11.1. The van der Waals surface area contributed by atoms with E-state index in [0.29, 0.717) is 5.56 Å². The summed E-state index contributed by atoms with van der Waals surface area (Å²) in [6.07, 6.45) is 0. The molecule has 0 spiro atoms. The van der Waals surface area contributed by atoms with Gasteiger partial charge in [0.2, 0.25) is 10.0 Å². The number of rotatable bonds is 6. The minimum absolute atomic E-state index is 0.0836. The maximum atomic E-state index is 14.1. The zero-order valence-electron chi connectivity index (χ0n) is 14.3. The third-order valence-electron chi connectivity index (χ3n) is 4.28. The highest BCUT2D eigenvalue weighted by molar-refractivity contribution is 7.89. The maximum Gasteiger partial charge on any atom is 0.240 e. The molecule has 0 aromatic heterocycles. The van der Waals surface area contributed by atoms with Gasteiger partial charge >= 0.3 is 0 Å². The van der Waals surface area contributed by atoms with Crippen LogP contribution in [0.5, 0.6) is 0 Å². The van der Waals surface area contributed by atoms with E-state index in [-0.39, 0.29) is 11.4 Å². The van der Waals surface area contributed by atoms with Crippen molar-refractivity contribution in [2.75, 3.05) is 13.7 Å². The van der Waals surface area contributed by atoms with E-state index in [1.807, 2.05) is 13.8 Å². The summed E-state index contributed by atoms with van der Waals surface area (Å²) in [5, 5.41) is 0. The molecule has 6 heteroatoms. The predicted octanol–water partition coefficient (Wildman–Crippen LogP) is 3.28. The molecule has 24 heavy (non-hydrogen) atoms. The lowest BCUT2D eigenvalue weighted by Crippen LogP contribution is -2.40. The van der Waals surface area contributed by atoms with Gasteiger partial charge in [-0.1, -0.05) is 24.3 Å². The molecule has 1 unspecified atom stereocenters. The molecule has 0 saturated carbocycles. The Morgan fingerprint density at radius 1 is 1.12 bits per heavy atom. The molecule has 1 N–H and O–H groups in total. The van der Waals surface area contributed by atoms with Crippen molar-refractivity contribution in [3.05, 3.63) is 65.0 Å². The molecule has 130 valence electrons. The number of hydrogen-bond donors (Lipinski definition) is 1. The lowest BCUT2D eigenvalue weighted by atomic mass is 9.95. The summed E-state index contributed by atoms with van der Waals surface area (Å²) in [5.74, 6) is -0.438. The second-order valence-electron chi connectivity index (χ2n) is 5.99. The normalized spacial score (nSPS) is 14.4. The first-order chi connectivity index (χ1) is 11.2. The van der Waals surface area contributed by atoms with E-state index in [1.165, 1.54) is 13.2 Å². The number of methoxy groups -OCH3 is 1. The molecule has 1 atom stereocenters. The summed E-state index contributed by atoms with van der Waals surface area (Å²) in [6.45, 7) is 5.33. The van der Waals surface area contributed by atoms with Crippen LogP contribution in [0.3, 0.4) is 0 Å². The lowest BCUT2D eigenvalue weighted by molar-refractivity contribution is 0.00410. The number of hydrogen-bond acceptors (Lipinski definition) is 3. The number of halogens is 1. The van der Waals surface area contributed by atoms with Gasteiger partial charge < -0.3 is 4.74 Å². The molecule has 0 heterocycles. The van der Waals surface area contributed by atoms with E-state index in [9.17, 15) is 12.8 Å². The van der Waals surface area contributed by atoms with Crippen molar-refractivity contribution in [3.8, 4) is 0 Å². The molecule has 0 bridgehead atoms. The van der Waals surface area contributed by atoms with Crippen molar-refractivity contribution < 1.29 is 17.5 Å². The number of ether oxygens (including phenoxy) is 1. The molecule has 0 aliphatic rings. The van der Waals surface area contributed by atoms with Gasteiger partial charge in [0, 0.05) is 19.2 Å². The molecule has 2 rings (SSSR count). The van der Waals surface area contributed by atoms with E-state index in [1.54, 1.807) is 43.3 Å². The monoisotopic (exact) mass is 351 g/mol. The van der Waals surface area contributed by atoms with E-state index in [4.69, 9.17) is 4.74 Å². The van der Waals surface area contributed by atoms with Gasteiger partial charge in [-0.25, -0.2) is 17.5 Å². The van der Waals surface area contributed by atoms with Crippen LogP contribution in [0.1, 0.15) is 23.6 Å². The fraction of sp³-hybridized carbons (Fsp3) is 0.333. The van der Waals surface area contributed by atoms with Gasteiger partial charge in [0.1, 0.15) is 11.4 Å². The third kappa shape index (κ3) is 3.83. The summed E-state index contributed by atoms with van der Waals surface area (Å²) in [7, 11) is -2.29. The third-order valence-corrected chi connectivity index (χ3v) is 5.68. The Morgan fingerprint density at radius 2 is 1.79 bits per heavy atom. The molecular weight excluding hydrogens is 329 g/mol. The lowest BCUT2D eigenvalue weighted by Gasteiger charge is -2.29. The summed E-state index contributed by atoms with van der Waals surface area (Å²) < 4.78 is 47.0. The molecule has 0 aliphatic carbocycles. The average Bonchev–Trinajstić information content (AvgIpc) is 2.55. The van der Waals surface area contributed by atoms with Crippen molar-refractivity contribution in [1.29, 1.82) is 0 Å². The fourth-order valence-electron chi connectivity index (χ4n) is 2.36. The highest BCUT2D eigenvalue weighted by Crippen LogP contribution is 2.27. The smallest absolute Gasteiger partial charge is 0.240 e. The number of nitrogens with one attached hydrogen (secondary N) is 1. The summed E-state index contributed by atoms with van der Waals surface area (Å²) in [5.41, 5.74) is 1.09. The maximum absolute atomic E-state index is 14.1. The molecule has 0 amide bonds. The zero-order chi connectivity index (χ0) is 18.0. The Balaban J connectivity index is 2.26. The van der Waals surface area contributed by atoms with Crippen LogP contribution in [-0.2, 0) is 20.4 Å². The Morgan fingerprint density at radius 3 is 2.38 bits per heavy atom. The van der Waals surface area contributed by atoms with E-state index in [0.717, 1.165) is 11.1 Å². The van der Waals surface area contributed by atoms with Crippen molar-refractivity contribution in [2.45, 2.75) is 31.3 Å². The number of sulfonamides is 1. The Kier molecular flexibility index (Phi) is 5.42. The Labute approximate surface area is 142 Å². The van der Waals surface area contributed by atoms with Gasteiger partial charge in [0.25, 0.3) is 0 Å². The first kappa shape index (κ1) is 18.6. The van der Waals surface area contributed by atoms with E-state index >= 15 is 0 Å². The SMILES string of the molecule is COC(C)(CNS(=O)(=O)c1ccc(C)c(C)c1)c1ccccc1F. The summed E-state index contributed by atoms with van der Waals surface area (Å²) >= 11 is 0. The first-order valence-electron chi connectivity index (χ1n) is 7.57. The molecule has 2 aromatic rings. The average molecular weight is 351 g/mol. The first-order valence-corrected chi connectivity index (χ1v) is 9.05. The van der Waals surface area contributed by atoms with Crippen LogP contribution in [0.2, 0.25) is 0 Å². The molecule has 2 aromatic carbocycles. The van der Waals surface area contributed by atoms with Crippen LogP contribution in [0.15, 0.2) is 47.4 Å². The Hall–Kier alpha value is -1.76. The zero-order valence-corrected chi connectivity index (χ0v) is 15.1. The van der Waals surface area contributed by atoms with E-state index in [2.05, 4.69) is 4.72 Å². The van der Waals surface area contributed by atoms with Crippen LogP contribution in [0.25, 0.3) is 0 Å². The summed E-state index contributed by atoms with van der Waals surface area (Å²) in [4.78, 5) is 0.178. The number of benzene rings is 2. The van der Waals surface area contributed by atoms with Gasteiger partial charge in [-0.05, 0) is 50.1 Å². The highest BCUT2D eigenvalue weighted by atomic mass is 32.2.